The molecule has 5 nitrogen and oxygen atoms in total. The van der Waals surface area contributed by atoms with Crippen LogP contribution in [0.1, 0.15) is 28.5 Å². The molecule has 0 spiro atoms. The van der Waals surface area contributed by atoms with Crippen molar-refractivity contribution in [3.63, 3.8) is 0 Å². The van der Waals surface area contributed by atoms with Crippen LogP contribution in [-0.4, -0.2) is 28.3 Å². The molecule has 0 unspecified atom stereocenters. The van der Waals surface area contributed by atoms with Crippen LogP contribution < -0.4 is 11.1 Å². The summed E-state index contributed by atoms with van der Waals surface area (Å²) in [5, 5.41) is 6.71. The predicted octanol–water partition coefficient (Wildman–Crippen LogP) is 2.28. The molecule has 1 atom stereocenters. The summed E-state index contributed by atoms with van der Waals surface area (Å²) in [4.78, 5) is 12.1. The summed E-state index contributed by atoms with van der Waals surface area (Å²) in [6, 6.07) is 4.57. The molecule has 2 rings (SSSR count). The number of hydrogen-bond acceptors (Lipinski definition) is 3. The van der Waals surface area contributed by atoms with Crippen molar-refractivity contribution in [3.05, 3.63) is 47.3 Å². The molecule has 0 saturated carbocycles. The second-order valence-electron chi connectivity index (χ2n) is 5.21. The Bertz CT molecular complexity index is 709. The van der Waals surface area contributed by atoms with Gasteiger partial charge in [-0.05, 0) is 32.0 Å². The molecule has 23 heavy (non-hydrogen) atoms. The van der Waals surface area contributed by atoms with Crippen molar-refractivity contribution in [2.24, 2.45) is 5.73 Å². The lowest BCUT2D eigenvalue weighted by molar-refractivity contribution is -0.137. The fourth-order valence-electron chi connectivity index (χ4n) is 2.07. The van der Waals surface area contributed by atoms with Gasteiger partial charge in [-0.3, -0.25) is 4.79 Å². The molecule has 0 bridgehead atoms. The smallest absolute Gasteiger partial charge is 0.348 e. The molecule has 0 saturated heterocycles. The number of carbonyl (C=O) groups excluding carboxylic acids is 1. The van der Waals surface area contributed by atoms with Crippen LogP contribution in [-0.2, 0) is 6.18 Å². The molecule has 1 aromatic heterocycles. The molecule has 0 aliphatic heterocycles. The highest BCUT2D eigenvalue weighted by Crippen LogP contribution is 2.30. The molecule has 0 fully saturated rings. The maximum absolute atomic E-state index is 12.8. The number of nitrogens with one attached hydrogen (secondary N) is 1. The zero-order valence-corrected chi connectivity index (χ0v) is 12.7. The van der Waals surface area contributed by atoms with Crippen molar-refractivity contribution in [2.45, 2.75) is 26.1 Å². The van der Waals surface area contributed by atoms with E-state index in [1.54, 1.807) is 13.8 Å². The standard InChI is InChI=1S/C15H17F3N4O/c1-9(7-19)21-14(23)13-8-20-22(10(13)2)12-5-3-4-11(6-12)15(16,17)18/h3-6,8-9H,7,19H2,1-2H3,(H,21,23)/t9-/m0/s1. The summed E-state index contributed by atoms with van der Waals surface area (Å²) in [7, 11) is 0. The largest absolute Gasteiger partial charge is 0.416 e. The number of rotatable bonds is 4. The maximum Gasteiger partial charge on any atom is 0.416 e. The fraction of sp³-hybridized carbons (Fsp3) is 0.333. The monoisotopic (exact) mass is 326 g/mol. The summed E-state index contributed by atoms with van der Waals surface area (Å²) in [6.07, 6.45) is -3.11. The van der Waals surface area contributed by atoms with Crippen molar-refractivity contribution in [1.82, 2.24) is 15.1 Å². The minimum atomic E-state index is -4.44. The van der Waals surface area contributed by atoms with Crippen molar-refractivity contribution < 1.29 is 18.0 Å². The minimum absolute atomic E-state index is 0.209. The van der Waals surface area contributed by atoms with Crippen molar-refractivity contribution >= 4 is 5.91 Å². The van der Waals surface area contributed by atoms with Gasteiger partial charge < -0.3 is 11.1 Å². The average molecular weight is 326 g/mol. The summed E-state index contributed by atoms with van der Waals surface area (Å²) in [6.45, 7) is 3.66. The number of alkyl halides is 3. The zero-order chi connectivity index (χ0) is 17.2. The minimum Gasteiger partial charge on any atom is -0.348 e. The van der Waals surface area contributed by atoms with Crippen LogP contribution >= 0.6 is 0 Å². The third-order valence-corrected chi connectivity index (χ3v) is 3.40. The van der Waals surface area contributed by atoms with Crippen LogP contribution in [0, 0.1) is 6.92 Å². The molecule has 3 N–H and O–H groups in total. The third kappa shape index (κ3) is 3.70. The van der Waals surface area contributed by atoms with Gasteiger partial charge in [0.2, 0.25) is 0 Å². The van der Waals surface area contributed by atoms with Gasteiger partial charge in [-0.1, -0.05) is 6.07 Å². The Kier molecular flexibility index (Phi) is 4.74. The van der Waals surface area contributed by atoms with Crippen LogP contribution in [0.25, 0.3) is 5.69 Å². The van der Waals surface area contributed by atoms with Crippen LogP contribution in [0.15, 0.2) is 30.5 Å². The van der Waals surface area contributed by atoms with Gasteiger partial charge in [-0.25, -0.2) is 4.68 Å². The first-order valence-corrected chi connectivity index (χ1v) is 6.97. The Morgan fingerprint density at radius 2 is 2.13 bits per heavy atom. The molecule has 0 radical (unpaired) electrons. The number of halogens is 3. The summed E-state index contributed by atoms with van der Waals surface area (Å²) in [5.74, 6) is -0.362. The Hall–Kier alpha value is -2.35. The van der Waals surface area contributed by atoms with Crippen LogP contribution in [0.4, 0.5) is 13.2 Å². The highest BCUT2D eigenvalue weighted by Gasteiger charge is 2.30. The quantitative estimate of drug-likeness (QED) is 0.905. The van der Waals surface area contributed by atoms with E-state index in [2.05, 4.69) is 10.4 Å². The molecule has 0 aliphatic rings. The number of aromatic nitrogens is 2. The lowest BCUT2D eigenvalue weighted by Gasteiger charge is -2.12. The predicted molar refractivity (Wildman–Crippen MR) is 79.3 cm³/mol. The first-order chi connectivity index (χ1) is 10.7. The lowest BCUT2D eigenvalue weighted by Crippen LogP contribution is -2.37. The second-order valence-corrected chi connectivity index (χ2v) is 5.21. The van der Waals surface area contributed by atoms with Crippen molar-refractivity contribution in [2.75, 3.05) is 6.54 Å². The van der Waals surface area contributed by atoms with Gasteiger partial charge in [0, 0.05) is 12.6 Å². The zero-order valence-electron chi connectivity index (χ0n) is 12.7. The Morgan fingerprint density at radius 3 is 2.74 bits per heavy atom. The van der Waals surface area contributed by atoms with Crippen molar-refractivity contribution in [1.29, 1.82) is 0 Å². The van der Waals surface area contributed by atoms with E-state index in [4.69, 9.17) is 5.73 Å². The molecule has 124 valence electrons. The number of nitrogens with zero attached hydrogens (tertiary/aromatic N) is 2. The second kappa shape index (κ2) is 6.41. The molecule has 0 aliphatic carbocycles. The normalized spacial score (nSPS) is 13.0. The van der Waals surface area contributed by atoms with Gasteiger partial charge >= 0.3 is 6.18 Å². The SMILES string of the molecule is Cc1c(C(=O)N[C@@H](C)CN)cnn1-c1cccc(C(F)(F)F)c1. The Morgan fingerprint density at radius 1 is 1.43 bits per heavy atom. The first-order valence-electron chi connectivity index (χ1n) is 6.97. The molecule has 2 aromatic rings. The van der Waals surface area contributed by atoms with Crippen LogP contribution in [0.5, 0.6) is 0 Å². The lowest BCUT2D eigenvalue weighted by atomic mass is 10.2. The summed E-state index contributed by atoms with van der Waals surface area (Å²) < 4.78 is 39.7. The number of hydrogen-bond donors (Lipinski definition) is 2. The van der Waals surface area contributed by atoms with Gasteiger partial charge in [0.25, 0.3) is 5.91 Å². The van der Waals surface area contributed by atoms with Crippen LogP contribution in [0.2, 0.25) is 0 Å². The number of carbonyl (C=O) groups is 1. The topological polar surface area (TPSA) is 72.9 Å². The van der Waals surface area contributed by atoms with Gasteiger partial charge in [-0.2, -0.15) is 18.3 Å². The molecule has 1 aromatic carbocycles. The van der Waals surface area contributed by atoms with E-state index in [1.165, 1.54) is 23.0 Å². The van der Waals surface area contributed by atoms with E-state index in [-0.39, 0.29) is 24.2 Å². The van der Waals surface area contributed by atoms with Crippen LogP contribution in [0.3, 0.4) is 0 Å². The van der Waals surface area contributed by atoms with Gasteiger partial charge in [0.05, 0.1) is 28.7 Å². The number of amides is 1. The number of nitrogens with two attached hydrogens (primary N) is 1. The van der Waals surface area contributed by atoms with E-state index < -0.39 is 11.7 Å². The van der Waals surface area contributed by atoms with E-state index >= 15 is 0 Å². The van der Waals surface area contributed by atoms with Gasteiger partial charge in [-0.15, -0.1) is 0 Å². The summed E-state index contributed by atoms with van der Waals surface area (Å²) >= 11 is 0. The number of benzene rings is 1. The van der Waals surface area contributed by atoms with Gasteiger partial charge in [0.15, 0.2) is 0 Å². The Balaban J connectivity index is 2.34. The van der Waals surface area contributed by atoms with E-state index in [0.29, 0.717) is 11.3 Å². The van der Waals surface area contributed by atoms with Gasteiger partial charge in [0.1, 0.15) is 0 Å². The molecular formula is C15H17F3N4O. The average Bonchev–Trinajstić information content (AvgIpc) is 2.88. The first kappa shape index (κ1) is 17.0. The third-order valence-electron chi connectivity index (χ3n) is 3.40. The molecular weight excluding hydrogens is 309 g/mol. The fourth-order valence-corrected chi connectivity index (χ4v) is 2.07. The molecule has 1 heterocycles. The molecule has 1 amide bonds. The van der Waals surface area contributed by atoms with E-state index in [1.807, 2.05) is 0 Å². The van der Waals surface area contributed by atoms with E-state index in [9.17, 15) is 18.0 Å². The molecule has 8 heteroatoms. The van der Waals surface area contributed by atoms with E-state index in [0.717, 1.165) is 12.1 Å². The highest BCUT2D eigenvalue weighted by atomic mass is 19.4. The van der Waals surface area contributed by atoms with Crippen molar-refractivity contribution in [3.8, 4) is 5.69 Å². The highest BCUT2D eigenvalue weighted by molar-refractivity contribution is 5.95. The summed E-state index contributed by atoms with van der Waals surface area (Å²) in [5.41, 5.74) is 5.66. The maximum atomic E-state index is 12.8. The Labute approximate surface area is 131 Å².